The van der Waals surface area contributed by atoms with Crippen LogP contribution in [0.2, 0.25) is 10.0 Å². The topological polar surface area (TPSA) is 195 Å². The average Bonchev–Trinajstić information content (AvgIpc) is 3.50. The van der Waals surface area contributed by atoms with Crippen LogP contribution >= 0.6 is 23.2 Å². The van der Waals surface area contributed by atoms with E-state index in [0.29, 0.717) is 30.0 Å². The molecule has 2 fully saturated rings. The minimum Gasteiger partial charge on any atom is -0.488 e. The molecule has 0 bridgehead atoms. The van der Waals surface area contributed by atoms with Crippen molar-refractivity contribution in [2.45, 2.75) is 62.6 Å². The Labute approximate surface area is 366 Å². The molecular formula is C45H44Cl2FN5O9. The maximum absolute atomic E-state index is 16.2. The van der Waals surface area contributed by atoms with E-state index in [-0.39, 0.29) is 101 Å². The smallest absolute Gasteiger partial charge is 0.262 e. The van der Waals surface area contributed by atoms with Gasteiger partial charge in [0.05, 0.1) is 28.3 Å². The molecule has 62 heavy (non-hydrogen) atoms. The normalized spacial score (nSPS) is 19.2. The highest BCUT2D eigenvalue weighted by Crippen LogP contribution is 2.42. The number of halogens is 3. The second-order valence-electron chi connectivity index (χ2n) is 15.3. The summed E-state index contributed by atoms with van der Waals surface area (Å²) in [7, 11) is 1.50. The van der Waals surface area contributed by atoms with Crippen molar-refractivity contribution in [2.75, 3.05) is 33.5 Å². The number of piperidine rings is 1. The van der Waals surface area contributed by atoms with Crippen molar-refractivity contribution < 1.29 is 47.4 Å². The summed E-state index contributed by atoms with van der Waals surface area (Å²) in [5.41, 5.74) is 7.52. The molecule has 0 radical (unpaired) electrons. The van der Waals surface area contributed by atoms with Crippen LogP contribution in [-0.2, 0) is 19.1 Å². The fourth-order valence-electron chi connectivity index (χ4n) is 8.17. The quantitative estimate of drug-likeness (QED) is 0.0818. The first-order valence-electron chi connectivity index (χ1n) is 20.1. The number of rotatable bonds is 16. The van der Waals surface area contributed by atoms with Crippen molar-refractivity contribution >= 4 is 58.6 Å². The van der Waals surface area contributed by atoms with Crippen LogP contribution in [-0.4, -0.2) is 91.9 Å². The van der Waals surface area contributed by atoms with Crippen molar-refractivity contribution in [3.05, 3.63) is 116 Å². The third kappa shape index (κ3) is 9.60. The monoisotopic (exact) mass is 887 g/mol. The molecule has 2 atom stereocenters. The van der Waals surface area contributed by atoms with Gasteiger partial charge in [0, 0.05) is 54.2 Å². The Morgan fingerprint density at radius 3 is 2.29 bits per heavy atom. The molecule has 0 spiro atoms. The maximum atomic E-state index is 16.2. The van der Waals surface area contributed by atoms with Crippen molar-refractivity contribution in [1.82, 2.24) is 20.9 Å². The molecule has 0 aromatic heterocycles. The molecule has 1 unspecified atom stereocenters. The van der Waals surface area contributed by atoms with E-state index in [1.165, 1.54) is 43.5 Å². The zero-order valence-corrected chi connectivity index (χ0v) is 35.2. The number of fused-ring (bicyclic) bond motifs is 1. The predicted octanol–water partition coefficient (Wildman–Crippen LogP) is 5.55. The molecule has 1 saturated heterocycles. The molecular weight excluding hydrogens is 844 g/mol. The standard InChI is InChI=1S/C45H44Cl2FN5O9/c1-60-17-18-61-37-15-13-29(42(49)56)40(41(37)48)32-20-30(34(46)21-35(32)47)33(24-5-3-2-4-6-24)22-50-25-7-9-26(10-8-25)51-39(55)23-62-27-11-12-28-31(19-27)45(59)53(44(28)58)36-14-16-38(54)52-43(36)57/h2-6,11-13,15,19-21,25-26,33,36,50H,7-10,14,16-18,22-23H2,1H3,(H2,49,56)(H,51,55)(H,52,54,57)/t25?,26?,33-,36?/m1/s1. The molecule has 17 heteroatoms. The lowest BCUT2D eigenvalue weighted by Crippen LogP contribution is -2.54. The van der Waals surface area contributed by atoms with Gasteiger partial charge in [-0.05, 0) is 85.7 Å². The van der Waals surface area contributed by atoms with Crippen LogP contribution in [0.4, 0.5) is 4.39 Å². The number of carbonyl (C=O) groups excluding carboxylic acids is 6. The number of imide groups is 2. The summed E-state index contributed by atoms with van der Waals surface area (Å²) >= 11 is 13.6. The number of hydrogen-bond acceptors (Lipinski definition) is 10. The Morgan fingerprint density at radius 1 is 0.855 bits per heavy atom. The van der Waals surface area contributed by atoms with Gasteiger partial charge in [0.1, 0.15) is 18.4 Å². The fraction of sp³-hybridized carbons (Fsp3) is 0.333. The zero-order chi connectivity index (χ0) is 44.1. The molecule has 7 rings (SSSR count). The molecule has 5 N–H and O–H groups in total. The highest BCUT2D eigenvalue weighted by atomic mass is 35.5. The van der Waals surface area contributed by atoms with Gasteiger partial charge in [0.25, 0.3) is 17.7 Å². The Kier molecular flexibility index (Phi) is 13.9. The van der Waals surface area contributed by atoms with E-state index in [9.17, 15) is 28.8 Å². The number of benzene rings is 4. The third-order valence-corrected chi connectivity index (χ3v) is 12.0. The minimum atomic E-state index is -1.09. The summed E-state index contributed by atoms with van der Waals surface area (Å²) in [6.45, 7) is 0.426. The highest BCUT2D eigenvalue weighted by Gasteiger charge is 2.44. The lowest BCUT2D eigenvalue weighted by molar-refractivity contribution is -0.136. The molecule has 2 heterocycles. The first-order chi connectivity index (χ1) is 29.8. The number of nitrogens with zero attached hydrogens (tertiary/aromatic N) is 1. The van der Waals surface area contributed by atoms with Crippen molar-refractivity contribution in [3.8, 4) is 22.6 Å². The lowest BCUT2D eigenvalue weighted by atomic mass is 9.86. The molecule has 4 aromatic rings. The molecule has 14 nitrogen and oxygen atoms in total. The summed E-state index contributed by atoms with van der Waals surface area (Å²) in [5, 5.41) is 9.34. The van der Waals surface area contributed by atoms with Crippen molar-refractivity contribution in [1.29, 1.82) is 0 Å². The largest absolute Gasteiger partial charge is 0.488 e. The number of primary amides is 1. The predicted molar refractivity (Wildman–Crippen MR) is 227 cm³/mol. The Balaban J connectivity index is 0.973. The number of ether oxygens (including phenoxy) is 3. The van der Waals surface area contributed by atoms with Gasteiger partial charge in [-0.25, -0.2) is 4.39 Å². The van der Waals surface area contributed by atoms with E-state index in [2.05, 4.69) is 16.0 Å². The molecule has 4 aromatic carbocycles. The first kappa shape index (κ1) is 44.2. The van der Waals surface area contributed by atoms with Crippen molar-refractivity contribution in [2.24, 2.45) is 5.73 Å². The van der Waals surface area contributed by atoms with E-state index < -0.39 is 41.4 Å². The van der Waals surface area contributed by atoms with Crippen LogP contribution in [0.5, 0.6) is 11.5 Å². The van der Waals surface area contributed by atoms with Gasteiger partial charge in [-0.15, -0.1) is 0 Å². The van der Waals surface area contributed by atoms with Crippen LogP contribution in [0.15, 0.2) is 72.8 Å². The number of carbonyl (C=O) groups is 6. The van der Waals surface area contributed by atoms with Crippen LogP contribution in [0.1, 0.15) is 86.6 Å². The second-order valence-corrected chi connectivity index (χ2v) is 16.1. The Hall–Kier alpha value is -5.87. The number of hydrogen-bond donors (Lipinski definition) is 4. The molecule has 324 valence electrons. The molecule has 2 aliphatic heterocycles. The first-order valence-corrected chi connectivity index (χ1v) is 20.9. The number of nitrogens with two attached hydrogens (primary N) is 1. The lowest BCUT2D eigenvalue weighted by Gasteiger charge is -2.31. The zero-order valence-electron chi connectivity index (χ0n) is 33.6. The van der Waals surface area contributed by atoms with Crippen molar-refractivity contribution in [3.63, 3.8) is 0 Å². The summed E-state index contributed by atoms with van der Waals surface area (Å²) in [6, 6.07) is 18.8. The second kappa shape index (κ2) is 19.5. The van der Waals surface area contributed by atoms with Crippen LogP contribution in [0.25, 0.3) is 11.1 Å². The van der Waals surface area contributed by atoms with Gasteiger partial charge < -0.3 is 30.6 Å². The summed E-state index contributed by atoms with van der Waals surface area (Å²) in [6.07, 6.45) is 2.93. The SMILES string of the molecule is COCCOc1ccc(C(N)=O)c(-c2cc([C@H](CNC3CCC(NC(=O)COc4ccc5c(c4)C(=O)N(C4CCC(=O)NC4=O)C5=O)CC3)c3ccccc3)c(Cl)cc2Cl)c1F. The Bertz CT molecular complexity index is 2410. The summed E-state index contributed by atoms with van der Waals surface area (Å²) < 4.78 is 32.5. The average molecular weight is 889 g/mol. The number of amides is 6. The van der Waals surface area contributed by atoms with Crippen LogP contribution in [0.3, 0.4) is 0 Å². The summed E-state index contributed by atoms with van der Waals surface area (Å²) in [5.74, 6) is -4.65. The van der Waals surface area contributed by atoms with E-state index in [0.717, 1.165) is 23.3 Å². The van der Waals surface area contributed by atoms with Gasteiger partial charge in [-0.2, -0.15) is 0 Å². The molecule has 1 saturated carbocycles. The van der Waals surface area contributed by atoms with E-state index in [1.807, 2.05) is 30.3 Å². The van der Waals surface area contributed by atoms with Gasteiger partial charge in [-0.3, -0.25) is 39.0 Å². The van der Waals surface area contributed by atoms with E-state index in [4.69, 9.17) is 43.1 Å². The van der Waals surface area contributed by atoms with Crippen LogP contribution < -0.4 is 31.2 Å². The van der Waals surface area contributed by atoms with Gasteiger partial charge in [-0.1, -0.05) is 53.5 Å². The molecule has 1 aliphatic carbocycles. The van der Waals surface area contributed by atoms with Gasteiger partial charge >= 0.3 is 0 Å². The van der Waals surface area contributed by atoms with Gasteiger partial charge in [0.15, 0.2) is 18.2 Å². The van der Waals surface area contributed by atoms with E-state index in [1.54, 1.807) is 6.07 Å². The van der Waals surface area contributed by atoms with E-state index >= 15 is 4.39 Å². The molecule has 6 amide bonds. The fourth-order valence-corrected chi connectivity index (χ4v) is 8.78. The minimum absolute atomic E-state index is 0.0111. The van der Waals surface area contributed by atoms with Gasteiger partial charge in [0.2, 0.25) is 17.7 Å². The van der Waals surface area contributed by atoms with Crippen LogP contribution in [0, 0.1) is 5.82 Å². The number of nitrogens with one attached hydrogen (secondary N) is 3. The maximum Gasteiger partial charge on any atom is 0.262 e. The number of methoxy groups -OCH3 is 1. The Morgan fingerprint density at radius 2 is 1.58 bits per heavy atom. The third-order valence-electron chi connectivity index (χ3n) is 11.3. The summed E-state index contributed by atoms with van der Waals surface area (Å²) in [4.78, 5) is 76.6. The highest BCUT2D eigenvalue weighted by molar-refractivity contribution is 6.37. The molecule has 3 aliphatic rings.